The van der Waals surface area contributed by atoms with Crippen LogP contribution in [0.5, 0.6) is 0 Å². The molecule has 0 fully saturated rings. The van der Waals surface area contributed by atoms with E-state index in [1.807, 2.05) is 6.07 Å². The molecule has 36 heavy (non-hydrogen) atoms. The summed E-state index contributed by atoms with van der Waals surface area (Å²) in [7, 11) is 0. The molecule has 5 aromatic rings. The molecule has 0 radical (unpaired) electrons. The van der Waals surface area contributed by atoms with E-state index in [4.69, 9.17) is 17.4 Å². The minimum atomic E-state index is -0.590. The zero-order chi connectivity index (χ0) is 25.4. The Kier molecular flexibility index (Phi) is 5.82. The molecule has 0 saturated carbocycles. The number of nitrogens with one attached hydrogen (secondary N) is 2. The predicted octanol–water partition coefficient (Wildman–Crippen LogP) is 3.81. The van der Waals surface area contributed by atoms with Crippen LogP contribution < -0.4 is 22.1 Å². The number of hydrazine groups is 1. The maximum Gasteiger partial charge on any atom is 0.281 e. The summed E-state index contributed by atoms with van der Waals surface area (Å²) < 4.78 is 1.46. The number of nitrogens with zero attached hydrogens (tertiary/aromatic N) is 5. The predicted molar refractivity (Wildman–Crippen MR) is 135 cm³/mol. The van der Waals surface area contributed by atoms with Gasteiger partial charge < -0.3 is 15.5 Å². The maximum atomic E-state index is 14.0. The van der Waals surface area contributed by atoms with Crippen molar-refractivity contribution in [1.29, 1.82) is 0 Å². The van der Waals surface area contributed by atoms with Crippen LogP contribution in [0, 0.1) is 0 Å². The number of hydrogen-bond donors (Lipinski definition) is 4. The van der Waals surface area contributed by atoms with Crippen LogP contribution in [0.3, 0.4) is 0 Å². The van der Waals surface area contributed by atoms with Gasteiger partial charge in [0.25, 0.3) is 11.2 Å². The SMILES string of the molecule is C[C@H](Nc1ncnc2[nH]ccc(=O)c12)c1c(Cl)c2cccc(/[N+](N)=N/O)c2c(=O)n1-c1ccccc1. The molecule has 0 aliphatic heterocycles. The van der Waals surface area contributed by atoms with Gasteiger partial charge in [-0.05, 0) is 19.1 Å². The van der Waals surface area contributed by atoms with E-state index >= 15 is 0 Å². The molecule has 11 nitrogen and oxygen atoms in total. The Balaban J connectivity index is 1.80. The summed E-state index contributed by atoms with van der Waals surface area (Å²) >= 11 is 6.95. The highest BCUT2D eigenvalue weighted by molar-refractivity contribution is 6.36. The normalized spacial score (nSPS) is 12.7. The Labute approximate surface area is 208 Å². The van der Waals surface area contributed by atoms with Crippen LogP contribution in [0.25, 0.3) is 27.5 Å². The number of H-pyrrole nitrogens is 1. The number of anilines is 1. The molecule has 0 saturated heterocycles. The number of hydrogen-bond acceptors (Lipinski definition) is 6. The molecule has 0 spiro atoms. The first-order valence-corrected chi connectivity index (χ1v) is 11.2. The Morgan fingerprint density at radius 3 is 2.64 bits per heavy atom. The largest absolute Gasteiger partial charge is 0.361 e. The minimum absolute atomic E-state index is 0.173. The number of aromatic nitrogens is 4. The van der Waals surface area contributed by atoms with Crippen LogP contribution >= 0.6 is 11.6 Å². The second-order valence-corrected chi connectivity index (χ2v) is 8.34. The fourth-order valence-electron chi connectivity index (χ4n) is 4.25. The van der Waals surface area contributed by atoms with Crippen molar-refractivity contribution in [2.75, 3.05) is 5.32 Å². The third kappa shape index (κ3) is 3.71. The lowest BCUT2D eigenvalue weighted by atomic mass is 10.1. The number of rotatable bonds is 5. The molecule has 12 heteroatoms. The van der Waals surface area contributed by atoms with Gasteiger partial charge in [-0.3, -0.25) is 14.2 Å². The van der Waals surface area contributed by atoms with Crippen molar-refractivity contribution in [2.24, 2.45) is 11.1 Å². The first-order chi connectivity index (χ1) is 17.4. The quantitative estimate of drug-likeness (QED) is 0.123. The van der Waals surface area contributed by atoms with Crippen molar-refractivity contribution in [2.45, 2.75) is 13.0 Å². The van der Waals surface area contributed by atoms with E-state index in [0.29, 0.717) is 33.0 Å². The number of pyridine rings is 2. The van der Waals surface area contributed by atoms with Crippen molar-refractivity contribution < 1.29 is 10.0 Å². The van der Waals surface area contributed by atoms with Gasteiger partial charge in [-0.1, -0.05) is 41.9 Å². The summed E-state index contributed by atoms with van der Waals surface area (Å²) in [6.45, 7) is 1.80. The highest BCUT2D eigenvalue weighted by Crippen LogP contribution is 2.35. The fourth-order valence-corrected chi connectivity index (χ4v) is 4.66. The smallest absolute Gasteiger partial charge is 0.281 e. The topological polar surface area (TPSA) is 154 Å². The molecular weight excluding hydrogens is 484 g/mol. The van der Waals surface area contributed by atoms with E-state index in [2.05, 4.69) is 25.5 Å². The molecule has 0 amide bonds. The lowest BCUT2D eigenvalue weighted by molar-refractivity contribution is -0.550. The summed E-state index contributed by atoms with van der Waals surface area (Å²) in [4.78, 5) is 38.5. The molecule has 0 aliphatic carbocycles. The zero-order valence-electron chi connectivity index (χ0n) is 18.9. The van der Waals surface area contributed by atoms with Gasteiger partial charge in [0.05, 0.1) is 21.6 Å². The van der Waals surface area contributed by atoms with Crippen molar-refractivity contribution in [1.82, 2.24) is 19.5 Å². The number of nitrogens with two attached hydrogens (primary N) is 1. The lowest BCUT2D eigenvalue weighted by Gasteiger charge is -2.23. The summed E-state index contributed by atoms with van der Waals surface area (Å²) in [6, 6.07) is 14.6. The molecule has 3 heterocycles. The first-order valence-electron chi connectivity index (χ1n) is 10.8. The van der Waals surface area contributed by atoms with Gasteiger partial charge >= 0.3 is 0 Å². The number of benzene rings is 2. The average Bonchev–Trinajstić information content (AvgIpc) is 2.90. The van der Waals surface area contributed by atoms with E-state index in [0.717, 1.165) is 0 Å². The standard InChI is InChI=1S/C24H19ClN8O3/c1-13(30-23-19-17(34)10-11-27-22(19)28-12-29-23)21-20(25)15-8-5-9-16(33(26)31-36)18(15)24(35)32(21)14-6-3-2-4-7-14/h2-13H,26H2,1H3,(H2,27,28,29,30,34)/p+1/t13-/m0/s1. The van der Waals surface area contributed by atoms with Crippen LogP contribution in [0.15, 0.2) is 82.0 Å². The van der Waals surface area contributed by atoms with Crippen LogP contribution in [0.2, 0.25) is 5.02 Å². The third-order valence-electron chi connectivity index (χ3n) is 5.83. The second-order valence-electron chi connectivity index (χ2n) is 7.96. The third-order valence-corrected chi connectivity index (χ3v) is 6.23. The summed E-state index contributed by atoms with van der Waals surface area (Å²) in [5.74, 6) is 6.09. The maximum absolute atomic E-state index is 14.0. The molecule has 5 N–H and O–H groups in total. The van der Waals surface area contributed by atoms with Gasteiger partial charge in [0.1, 0.15) is 28.6 Å². The van der Waals surface area contributed by atoms with E-state index in [1.165, 1.54) is 23.2 Å². The molecule has 5 rings (SSSR count). The van der Waals surface area contributed by atoms with Crippen molar-refractivity contribution in [3.8, 4) is 5.69 Å². The van der Waals surface area contributed by atoms with Gasteiger partial charge in [-0.25, -0.2) is 9.97 Å². The van der Waals surface area contributed by atoms with Gasteiger partial charge in [0.2, 0.25) is 5.28 Å². The number of para-hydroxylation sites is 1. The van der Waals surface area contributed by atoms with Gasteiger partial charge in [0, 0.05) is 29.4 Å². The Morgan fingerprint density at radius 2 is 1.89 bits per heavy atom. The average molecular weight is 504 g/mol. The molecule has 0 bridgehead atoms. The number of halogens is 1. The highest BCUT2D eigenvalue weighted by Gasteiger charge is 2.27. The Morgan fingerprint density at radius 1 is 1.11 bits per heavy atom. The van der Waals surface area contributed by atoms with Crippen LogP contribution in [-0.4, -0.2) is 29.5 Å². The van der Waals surface area contributed by atoms with Crippen LogP contribution in [0.4, 0.5) is 11.5 Å². The van der Waals surface area contributed by atoms with Crippen LogP contribution in [-0.2, 0) is 0 Å². The zero-order valence-corrected chi connectivity index (χ0v) is 19.6. The van der Waals surface area contributed by atoms with E-state index in [1.54, 1.807) is 49.4 Å². The van der Waals surface area contributed by atoms with Gasteiger partial charge in [0.15, 0.2) is 5.43 Å². The summed E-state index contributed by atoms with van der Waals surface area (Å²) in [6.07, 6.45) is 2.84. The van der Waals surface area contributed by atoms with Crippen molar-refractivity contribution in [3.63, 3.8) is 0 Å². The lowest BCUT2D eigenvalue weighted by Crippen LogP contribution is -2.27. The van der Waals surface area contributed by atoms with Crippen molar-refractivity contribution in [3.05, 3.63) is 98.4 Å². The van der Waals surface area contributed by atoms with Crippen LogP contribution in [0.1, 0.15) is 18.7 Å². The van der Waals surface area contributed by atoms with E-state index < -0.39 is 11.6 Å². The molecule has 0 unspecified atom stereocenters. The molecule has 1 atom stereocenters. The summed E-state index contributed by atoms with van der Waals surface area (Å²) in [5, 5.41) is 16.6. The minimum Gasteiger partial charge on any atom is -0.361 e. The first kappa shape index (κ1) is 23.0. The number of fused-ring (bicyclic) bond motifs is 2. The Bertz CT molecular complexity index is 1760. The van der Waals surface area contributed by atoms with Gasteiger partial charge in [-0.15, -0.1) is 0 Å². The van der Waals surface area contributed by atoms with E-state index in [-0.39, 0.29) is 26.9 Å². The molecule has 0 aliphatic rings. The van der Waals surface area contributed by atoms with Crippen molar-refractivity contribution >= 4 is 44.9 Å². The molecule has 180 valence electrons. The monoisotopic (exact) mass is 503 g/mol. The molecular formula is C24H20ClN8O3+. The molecule has 2 aromatic carbocycles. The fraction of sp³-hybridized carbons (Fsp3) is 0.0833. The van der Waals surface area contributed by atoms with Gasteiger partial charge in [-0.2, -0.15) is 5.84 Å². The second kappa shape index (κ2) is 9.12. The molecule has 3 aromatic heterocycles. The Hall–Kier alpha value is -4.77. The highest BCUT2D eigenvalue weighted by atomic mass is 35.5. The van der Waals surface area contributed by atoms with E-state index in [9.17, 15) is 14.8 Å². The number of aromatic amines is 1. The summed E-state index contributed by atoms with van der Waals surface area (Å²) in [5.41, 5.74) is 0.847.